The average molecular weight is 452 g/mol. The van der Waals surface area contributed by atoms with Crippen molar-refractivity contribution < 1.29 is 32.2 Å². The average Bonchev–Trinajstić information content (AvgIpc) is 3.00. The normalized spacial score (nSPS) is 25.4. The molecule has 0 radical (unpaired) electrons. The van der Waals surface area contributed by atoms with Crippen LogP contribution in [0.4, 0.5) is 18.9 Å². The van der Waals surface area contributed by atoms with Crippen LogP contribution in [0.3, 0.4) is 0 Å². The highest BCUT2D eigenvalue weighted by Crippen LogP contribution is 2.54. The molecule has 0 unspecified atom stereocenters. The molecule has 0 aromatic carbocycles. The second-order valence-electron chi connectivity index (χ2n) is 7.76. The van der Waals surface area contributed by atoms with Gasteiger partial charge in [0.25, 0.3) is 11.8 Å². The summed E-state index contributed by atoms with van der Waals surface area (Å²) < 4.78 is 52.8. The van der Waals surface area contributed by atoms with E-state index in [1.54, 1.807) is 6.92 Å². The fourth-order valence-electron chi connectivity index (χ4n) is 3.98. The van der Waals surface area contributed by atoms with Gasteiger partial charge in [0.1, 0.15) is 17.5 Å². The largest absolute Gasteiger partial charge is 0.495 e. The summed E-state index contributed by atoms with van der Waals surface area (Å²) >= 11 is 0. The van der Waals surface area contributed by atoms with Crippen LogP contribution in [-0.4, -0.2) is 46.8 Å². The number of aromatic nitrogens is 2. The summed E-state index contributed by atoms with van der Waals surface area (Å²) in [6, 6.07) is 4.14. The van der Waals surface area contributed by atoms with Gasteiger partial charge in [-0.1, -0.05) is 6.92 Å². The Balaban J connectivity index is 2.05. The van der Waals surface area contributed by atoms with Crippen LogP contribution in [0, 0.1) is 12.8 Å². The molecule has 172 valence electrons. The summed E-state index contributed by atoms with van der Waals surface area (Å²) in [5.41, 5.74) is 3.51. The van der Waals surface area contributed by atoms with Crippen LogP contribution in [-0.2, 0) is 9.53 Å². The van der Waals surface area contributed by atoms with E-state index in [4.69, 9.17) is 15.2 Å². The Morgan fingerprint density at radius 3 is 2.50 bits per heavy atom. The maximum Gasteiger partial charge on any atom is 0.417 e. The third kappa shape index (κ3) is 3.99. The van der Waals surface area contributed by atoms with Crippen LogP contribution in [0.5, 0.6) is 5.75 Å². The molecule has 3 heterocycles. The number of anilines is 1. The van der Waals surface area contributed by atoms with Crippen LogP contribution in [0.2, 0.25) is 0 Å². The maximum absolute atomic E-state index is 14.0. The first-order chi connectivity index (χ1) is 14.9. The van der Waals surface area contributed by atoms with E-state index in [1.807, 2.05) is 0 Å². The Hall–Kier alpha value is -3.21. The van der Waals surface area contributed by atoms with Crippen molar-refractivity contribution in [3.63, 3.8) is 0 Å². The zero-order valence-electron chi connectivity index (χ0n) is 17.9. The van der Waals surface area contributed by atoms with Gasteiger partial charge in [-0.15, -0.1) is 0 Å². The van der Waals surface area contributed by atoms with Crippen molar-refractivity contribution in [3.8, 4) is 5.75 Å². The molecule has 1 aliphatic heterocycles. The van der Waals surface area contributed by atoms with Gasteiger partial charge in [-0.25, -0.2) is 0 Å². The molecule has 2 amide bonds. The molecular formula is C21H23F3N4O4. The van der Waals surface area contributed by atoms with Gasteiger partial charge in [0.05, 0.1) is 12.8 Å². The number of hydrogen-bond acceptors (Lipinski definition) is 6. The van der Waals surface area contributed by atoms with Crippen molar-refractivity contribution >= 4 is 17.5 Å². The smallest absolute Gasteiger partial charge is 0.417 e. The van der Waals surface area contributed by atoms with Gasteiger partial charge in [0, 0.05) is 35.5 Å². The Bertz CT molecular complexity index is 1050. The lowest BCUT2D eigenvalue weighted by molar-refractivity contribution is -0.272. The molecule has 2 aromatic rings. The number of carbonyl (C=O) groups excluding carboxylic acids is 2. The molecule has 3 N–H and O–H groups in total. The molecule has 1 fully saturated rings. The van der Waals surface area contributed by atoms with E-state index in [2.05, 4.69) is 15.3 Å². The second kappa shape index (κ2) is 8.38. The SMILES string of the molecule is COc1c([C@@H]2[C@@H](C(=O)Nc3ccnc(C(N)=O)c3)O[C@@](C)(C(F)(F)F)[C@H]2C)ccnc1C. The first kappa shape index (κ1) is 23.5. The quantitative estimate of drug-likeness (QED) is 0.721. The molecule has 8 nitrogen and oxygen atoms in total. The second-order valence-corrected chi connectivity index (χ2v) is 7.76. The van der Waals surface area contributed by atoms with E-state index < -0.39 is 41.5 Å². The molecule has 11 heteroatoms. The number of amides is 2. The summed E-state index contributed by atoms with van der Waals surface area (Å²) in [6.07, 6.45) is -3.54. The zero-order valence-corrected chi connectivity index (χ0v) is 17.9. The molecule has 3 rings (SSSR count). The number of nitrogens with one attached hydrogen (secondary N) is 1. The van der Waals surface area contributed by atoms with Gasteiger partial charge in [-0.05, 0) is 32.0 Å². The van der Waals surface area contributed by atoms with E-state index in [0.717, 1.165) is 6.92 Å². The molecule has 0 bridgehead atoms. The van der Waals surface area contributed by atoms with Gasteiger partial charge in [-0.2, -0.15) is 13.2 Å². The van der Waals surface area contributed by atoms with Crippen molar-refractivity contribution in [2.24, 2.45) is 11.7 Å². The minimum Gasteiger partial charge on any atom is -0.495 e. The summed E-state index contributed by atoms with van der Waals surface area (Å²) in [7, 11) is 1.38. The summed E-state index contributed by atoms with van der Waals surface area (Å²) in [4.78, 5) is 32.4. The van der Waals surface area contributed by atoms with E-state index >= 15 is 0 Å². The molecule has 1 saturated heterocycles. The molecular weight excluding hydrogens is 429 g/mol. The maximum atomic E-state index is 14.0. The Labute approximate surface area is 182 Å². The highest BCUT2D eigenvalue weighted by Gasteiger charge is 2.65. The summed E-state index contributed by atoms with van der Waals surface area (Å²) in [5.74, 6) is -3.46. The number of alkyl halides is 3. The van der Waals surface area contributed by atoms with Crippen LogP contribution >= 0.6 is 0 Å². The number of nitrogens with zero attached hydrogens (tertiary/aromatic N) is 2. The third-order valence-electron chi connectivity index (χ3n) is 5.88. The number of nitrogens with two attached hydrogens (primary N) is 1. The van der Waals surface area contributed by atoms with Gasteiger partial charge >= 0.3 is 6.18 Å². The van der Waals surface area contributed by atoms with Crippen LogP contribution < -0.4 is 15.8 Å². The predicted molar refractivity (Wildman–Crippen MR) is 108 cm³/mol. The van der Waals surface area contributed by atoms with Crippen LogP contribution in [0.1, 0.15) is 41.5 Å². The number of pyridine rings is 2. The summed E-state index contributed by atoms with van der Waals surface area (Å²) in [6.45, 7) is 3.97. The Morgan fingerprint density at radius 1 is 1.25 bits per heavy atom. The number of carbonyl (C=O) groups is 2. The minimum atomic E-state index is -4.73. The molecule has 0 saturated carbocycles. The number of ether oxygens (including phenoxy) is 2. The monoisotopic (exact) mass is 452 g/mol. The van der Waals surface area contributed by atoms with E-state index in [-0.39, 0.29) is 17.1 Å². The first-order valence-corrected chi connectivity index (χ1v) is 9.71. The van der Waals surface area contributed by atoms with Gasteiger partial charge in [-0.3, -0.25) is 19.6 Å². The molecule has 0 aliphatic carbocycles. The lowest BCUT2D eigenvalue weighted by atomic mass is 9.77. The third-order valence-corrected chi connectivity index (χ3v) is 5.88. The molecule has 32 heavy (non-hydrogen) atoms. The van der Waals surface area contributed by atoms with Crippen LogP contribution in [0.25, 0.3) is 0 Å². The van der Waals surface area contributed by atoms with E-state index in [9.17, 15) is 22.8 Å². The van der Waals surface area contributed by atoms with E-state index in [1.165, 1.54) is 44.6 Å². The van der Waals surface area contributed by atoms with Crippen molar-refractivity contribution in [1.82, 2.24) is 9.97 Å². The highest BCUT2D eigenvalue weighted by molar-refractivity contribution is 5.97. The number of methoxy groups -OCH3 is 1. The van der Waals surface area contributed by atoms with E-state index in [0.29, 0.717) is 11.3 Å². The van der Waals surface area contributed by atoms with Gasteiger partial charge in [0.2, 0.25) is 0 Å². The van der Waals surface area contributed by atoms with Crippen molar-refractivity contribution in [3.05, 3.63) is 47.5 Å². The summed E-state index contributed by atoms with van der Waals surface area (Å²) in [5, 5.41) is 2.51. The minimum absolute atomic E-state index is 0.105. The lowest BCUT2D eigenvalue weighted by Crippen LogP contribution is -2.47. The predicted octanol–water partition coefficient (Wildman–Crippen LogP) is 2.97. The van der Waals surface area contributed by atoms with Gasteiger partial charge < -0.3 is 20.5 Å². The number of halogens is 3. The molecule has 2 aromatic heterocycles. The van der Waals surface area contributed by atoms with Crippen LogP contribution in [0.15, 0.2) is 30.6 Å². The zero-order chi connectivity index (χ0) is 23.8. The van der Waals surface area contributed by atoms with Crippen molar-refractivity contribution in [1.29, 1.82) is 0 Å². The van der Waals surface area contributed by atoms with Gasteiger partial charge in [0.15, 0.2) is 5.60 Å². The number of rotatable bonds is 5. The molecule has 1 aliphatic rings. The Kier molecular flexibility index (Phi) is 6.14. The topological polar surface area (TPSA) is 116 Å². The number of aryl methyl sites for hydroxylation is 1. The fourth-order valence-corrected chi connectivity index (χ4v) is 3.98. The fraction of sp³-hybridized carbons (Fsp3) is 0.429. The van der Waals surface area contributed by atoms with Crippen molar-refractivity contribution in [2.75, 3.05) is 12.4 Å². The number of hydrogen-bond donors (Lipinski definition) is 2. The number of primary amides is 1. The first-order valence-electron chi connectivity index (χ1n) is 9.71. The van der Waals surface area contributed by atoms with Crippen molar-refractivity contribution in [2.45, 2.75) is 44.6 Å². The highest BCUT2D eigenvalue weighted by atomic mass is 19.4. The lowest BCUT2D eigenvalue weighted by Gasteiger charge is -2.32. The molecule has 0 spiro atoms. The standard InChI is InChI=1S/C21H23F3N4O4/c1-10-15(13-6-8-26-11(2)16(13)31-4)17(32-20(10,3)21(22,23)24)19(30)28-12-5-7-27-14(9-12)18(25)29/h5-10,15,17H,1-4H3,(H2,25,29)(H,27,28,30)/t10-,15+,17-,20+/m0/s1. The molecule has 4 atom stereocenters. The Morgan fingerprint density at radius 2 is 1.91 bits per heavy atom.